The van der Waals surface area contributed by atoms with Crippen molar-refractivity contribution in [1.29, 1.82) is 0 Å². The number of hydrogen-bond acceptors (Lipinski definition) is 1. The number of hydrogen-bond donors (Lipinski definition) is 1. The molecule has 0 heterocycles. The van der Waals surface area contributed by atoms with E-state index in [-0.39, 0.29) is 0 Å². The van der Waals surface area contributed by atoms with Crippen LogP contribution in [0.2, 0.25) is 0 Å². The van der Waals surface area contributed by atoms with Gasteiger partial charge < -0.3 is 5.11 Å². The first-order valence-corrected chi connectivity index (χ1v) is 3.70. The molecule has 0 amide bonds. The van der Waals surface area contributed by atoms with E-state index in [1.807, 2.05) is 37.3 Å². The monoisotopic (exact) mass is 148 g/mol. The lowest BCUT2D eigenvalue weighted by Crippen LogP contribution is -1.86. The van der Waals surface area contributed by atoms with Crippen LogP contribution >= 0.6 is 0 Å². The van der Waals surface area contributed by atoms with Crippen molar-refractivity contribution in [3.8, 4) is 0 Å². The Kier molecular flexibility index (Phi) is 2.73. The lowest BCUT2D eigenvalue weighted by atomic mass is 10.0. The fourth-order valence-electron chi connectivity index (χ4n) is 0.997. The summed E-state index contributed by atoms with van der Waals surface area (Å²) in [5.74, 6) is 0.293. The third-order valence-electron chi connectivity index (χ3n) is 1.70. The van der Waals surface area contributed by atoms with Crippen molar-refractivity contribution in [2.75, 3.05) is 0 Å². The largest absolute Gasteiger partial charge is 0.516 e. The summed E-state index contributed by atoms with van der Waals surface area (Å²) in [7, 11) is 0. The molecule has 0 saturated heterocycles. The van der Waals surface area contributed by atoms with Gasteiger partial charge in [-0.15, -0.1) is 0 Å². The van der Waals surface area contributed by atoms with Crippen LogP contribution in [0.25, 0.3) is 0 Å². The molecular formula is C10H12O. The minimum atomic E-state index is 0.293. The molecule has 1 aromatic carbocycles. The van der Waals surface area contributed by atoms with Gasteiger partial charge in [0.2, 0.25) is 0 Å². The van der Waals surface area contributed by atoms with Crippen molar-refractivity contribution in [2.24, 2.45) is 0 Å². The number of rotatable bonds is 2. The predicted octanol–water partition coefficient (Wildman–Crippen LogP) is 2.86. The van der Waals surface area contributed by atoms with E-state index in [0.29, 0.717) is 5.92 Å². The van der Waals surface area contributed by atoms with Crippen LogP contribution in [0.1, 0.15) is 18.4 Å². The average Bonchev–Trinajstić information content (AvgIpc) is 2.07. The van der Waals surface area contributed by atoms with E-state index in [1.54, 1.807) is 6.08 Å². The SMILES string of the molecule is CC(C=CO)c1ccccc1. The molecule has 1 aromatic rings. The van der Waals surface area contributed by atoms with E-state index in [4.69, 9.17) is 5.11 Å². The first kappa shape index (κ1) is 7.86. The maximum Gasteiger partial charge on any atom is 0.0757 e. The normalized spacial score (nSPS) is 13.5. The predicted molar refractivity (Wildman–Crippen MR) is 46.6 cm³/mol. The Hall–Kier alpha value is -1.24. The van der Waals surface area contributed by atoms with Crippen LogP contribution in [0.4, 0.5) is 0 Å². The third-order valence-corrected chi connectivity index (χ3v) is 1.70. The highest BCUT2D eigenvalue weighted by atomic mass is 16.2. The molecule has 0 radical (unpaired) electrons. The third kappa shape index (κ3) is 2.11. The Morgan fingerprint density at radius 3 is 2.45 bits per heavy atom. The zero-order chi connectivity index (χ0) is 8.10. The average molecular weight is 148 g/mol. The van der Waals surface area contributed by atoms with Gasteiger partial charge in [-0.2, -0.15) is 0 Å². The Morgan fingerprint density at radius 1 is 1.27 bits per heavy atom. The minimum Gasteiger partial charge on any atom is -0.516 e. The van der Waals surface area contributed by atoms with Crippen LogP contribution in [0.5, 0.6) is 0 Å². The quantitative estimate of drug-likeness (QED) is 0.639. The second-order valence-corrected chi connectivity index (χ2v) is 2.54. The zero-order valence-corrected chi connectivity index (χ0v) is 6.57. The molecule has 0 fully saturated rings. The smallest absolute Gasteiger partial charge is 0.0757 e. The first-order valence-electron chi connectivity index (χ1n) is 3.70. The molecule has 0 aliphatic rings. The summed E-state index contributed by atoms with van der Waals surface area (Å²) < 4.78 is 0. The van der Waals surface area contributed by atoms with Crippen molar-refractivity contribution in [2.45, 2.75) is 12.8 Å². The van der Waals surface area contributed by atoms with Crippen molar-refractivity contribution in [3.63, 3.8) is 0 Å². The summed E-state index contributed by atoms with van der Waals surface area (Å²) in [5, 5.41) is 8.52. The second-order valence-electron chi connectivity index (χ2n) is 2.54. The highest BCUT2D eigenvalue weighted by molar-refractivity contribution is 5.22. The van der Waals surface area contributed by atoms with Gasteiger partial charge in [0.25, 0.3) is 0 Å². The van der Waals surface area contributed by atoms with Gasteiger partial charge in [0.05, 0.1) is 6.26 Å². The highest BCUT2D eigenvalue weighted by Crippen LogP contribution is 2.14. The molecule has 0 bridgehead atoms. The van der Waals surface area contributed by atoms with Crippen LogP contribution in [0.3, 0.4) is 0 Å². The van der Waals surface area contributed by atoms with Gasteiger partial charge in [0, 0.05) is 5.92 Å². The summed E-state index contributed by atoms with van der Waals surface area (Å²) in [4.78, 5) is 0. The molecular weight excluding hydrogens is 136 g/mol. The molecule has 0 spiro atoms. The van der Waals surface area contributed by atoms with Gasteiger partial charge >= 0.3 is 0 Å². The van der Waals surface area contributed by atoms with Gasteiger partial charge in [0.15, 0.2) is 0 Å². The van der Waals surface area contributed by atoms with Crippen LogP contribution < -0.4 is 0 Å². The van der Waals surface area contributed by atoms with E-state index in [0.717, 1.165) is 6.26 Å². The molecule has 0 saturated carbocycles. The molecule has 1 nitrogen and oxygen atoms in total. The van der Waals surface area contributed by atoms with Gasteiger partial charge in [-0.3, -0.25) is 0 Å². The van der Waals surface area contributed by atoms with Crippen molar-refractivity contribution in [1.82, 2.24) is 0 Å². The number of aliphatic hydroxyl groups excluding tert-OH is 1. The Bertz CT molecular complexity index is 226. The molecule has 1 rings (SSSR count). The van der Waals surface area contributed by atoms with Gasteiger partial charge in [0.1, 0.15) is 0 Å². The maximum atomic E-state index is 8.52. The molecule has 1 heteroatoms. The maximum absolute atomic E-state index is 8.52. The molecule has 0 aliphatic carbocycles. The first-order chi connectivity index (χ1) is 5.34. The molecule has 1 N–H and O–H groups in total. The summed E-state index contributed by atoms with van der Waals surface area (Å²) in [6, 6.07) is 10.1. The molecule has 0 aliphatic heterocycles. The van der Waals surface area contributed by atoms with Crippen LogP contribution in [-0.2, 0) is 0 Å². The van der Waals surface area contributed by atoms with E-state index in [2.05, 4.69) is 0 Å². The Balaban J connectivity index is 2.76. The van der Waals surface area contributed by atoms with Crippen LogP contribution in [0, 0.1) is 0 Å². The van der Waals surface area contributed by atoms with Crippen molar-refractivity contribution in [3.05, 3.63) is 48.2 Å². The molecule has 11 heavy (non-hydrogen) atoms. The summed E-state index contributed by atoms with van der Waals surface area (Å²) in [6.07, 6.45) is 2.85. The lowest BCUT2D eigenvalue weighted by molar-refractivity contribution is 0.469. The van der Waals surface area contributed by atoms with E-state index < -0.39 is 0 Å². The minimum absolute atomic E-state index is 0.293. The molecule has 1 unspecified atom stereocenters. The van der Waals surface area contributed by atoms with Gasteiger partial charge in [-0.1, -0.05) is 37.3 Å². The second kappa shape index (κ2) is 3.81. The number of aliphatic hydroxyl groups is 1. The lowest BCUT2D eigenvalue weighted by Gasteiger charge is -2.03. The van der Waals surface area contributed by atoms with E-state index in [9.17, 15) is 0 Å². The summed E-state index contributed by atoms with van der Waals surface area (Å²) in [5.41, 5.74) is 1.22. The summed E-state index contributed by atoms with van der Waals surface area (Å²) in [6.45, 7) is 2.04. The van der Waals surface area contributed by atoms with Crippen LogP contribution in [0.15, 0.2) is 42.7 Å². The van der Waals surface area contributed by atoms with E-state index in [1.165, 1.54) is 5.56 Å². The van der Waals surface area contributed by atoms with Gasteiger partial charge in [-0.05, 0) is 11.6 Å². The Morgan fingerprint density at radius 2 is 1.91 bits per heavy atom. The topological polar surface area (TPSA) is 20.2 Å². The number of allylic oxidation sites excluding steroid dienone is 1. The van der Waals surface area contributed by atoms with Crippen LogP contribution in [-0.4, -0.2) is 5.11 Å². The molecule has 58 valence electrons. The molecule has 0 aromatic heterocycles. The Labute approximate surface area is 67.0 Å². The summed E-state index contributed by atoms with van der Waals surface area (Å²) >= 11 is 0. The zero-order valence-electron chi connectivity index (χ0n) is 6.57. The van der Waals surface area contributed by atoms with Crippen molar-refractivity contribution >= 4 is 0 Å². The van der Waals surface area contributed by atoms with Crippen molar-refractivity contribution < 1.29 is 5.11 Å². The molecule has 1 atom stereocenters. The number of benzene rings is 1. The standard InChI is InChI=1S/C10H12O/c1-9(7-8-11)10-5-3-2-4-6-10/h2-9,11H,1H3. The van der Waals surface area contributed by atoms with E-state index >= 15 is 0 Å². The fourth-order valence-corrected chi connectivity index (χ4v) is 0.997. The highest BCUT2D eigenvalue weighted by Gasteiger charge is 1.97. The fraction of sp³-hybridized carbons (Fsp3) is 0.200. The van der Waals surface area contributed by atoms with Gasteiger partial charge in [-0.25, -0.2) is 0 Å².